The second kappa shape index (κ2) is 7.99. The van der Waals surface area contributed by atoms with Crippen LogP contribution in [0.1, 0.15) is 10.4 Å². The number of hydrogen-bond acceptors (Lipinski definition) is 4. The highest BCUT2D eigenvalue weighted by atomic mass is 35.5. The number of ether oxygens (including phenoxy) is 1. The summed E-state index contributed by atoms with van der Waals surface area (Å²) in [7, 11) is 1.54. The summed E-state index contributed by atoms with van der Waals surface area (Å²) in [6.07, 6.45) is 0. The molecule has 2 rings (SSSR count). The molecule has 0 aromatic heterocycles. The molecule has 24 heavy (non-hydrogen) atoms. The number of amides is 1. The number of hydrogen-bond donors (Lipinski definition) is 0. The molecule has 0 saturated heterocycles. The third-order valence-electron chi connectivity index (χ3n) is 3.25. The van der Waals surface area contributed by atoms with Crippen molar-refractivity contribution in [1.82, 2.24) is 4.90 Å². The average Bonchev–Trinajstić information content (AvgIpc) is 2.55. The van der Waals surface area contributed by atoms with Crippen LogP contribution < -0.4 is 4.74 Å². The van der Waals surface area contributed by atoms with Gasteiger partial charge in [-0.2, -0.15) is 0 Å². The van der Waals surface area contributed by atoms with Crippen LogP contribution in [0.15, 0.2) is 42.5 Å². The summed E-state index contributed by atoms with van der Waals surface area (Å²) in [5.74, 6) is 0.0265. The molecule has 0 aliphatic heterocycles. The number of nitrogens with zero attached hydrogens (tertiary/aromatic N) is 2. The molecule has 0 spiro atoms. The number of benzene rings is 2. The lowest BCUT2D eigenvalue weighted by Crippen LogP contribution is -2.31. The highest BCUT2D eigenvalue weighted by molar-refractivity contribution is 6.32. The lowest BCUT2D eigenvalue weighted by Gasteiger charge is -2.18. The van der Waals surface area contributed by atoms with Crippen LogP contribution in [0.5, 0.6) is 5.75 Å². The summed E-state index contributed by atoms with van der Waals surface area (Å²) in [6, 6.07) is 10.9. The topological polar surface area (TPSA) is 72.7 Å². The molecule has 0 atom stereocenters. The van der Waals surface area contributed by atoms with Crippen molar-refractivity contribution in [3.05, 3.63) is 68.2 Å². The third kappa shape index (κ3) is 4.37. The van der Waals surface area contributed by atoms with E-state index in [1.165, 1.54) is 24.1 Å². The van der Waals surface area contributed by atoms with Crippen molar-refractivity contribution < 1.29 is 14.5 Å². The van der Waals surface area contributed by atoms with E-state index in [1.807, 2.05) is 0 Å². The Bertz CT molecular complexity index is 767. The van der Waals surface area contributed by atoms with Gasteiger partial charge in [0, 0.05) is 18.1 Å². The molecule has 0 unspecified atom stereocenters. The molecule has 0 fully saturated rings. The maximum Gasteiger partial charge on any atom is 0.283 e. The largest absolute Gasteiger partial charge is 0.490 e. The van der Waals surface area contributed by atoms with E-state index in [4.69, 9.17) is 27.9 Å². The van der Waals surface area contributed by atoms with Crippen LogP contribution >= 0.6 is 23.2 Å². The fraction of sp³-hybridized carbons (Fsp3) is 0.188. The Morgan fingerprint density at radius 2 is 1.96 bits per heavy atom. The molecule has 2 aromatic rings. The fourth-order valence-electron chi connectivity index (χ4n) is 2.00. The summed E-state index contributed by atoms with van der Waals surface area (Å²) < 4.78 is 5.51. The number of rotatable bonds is 6. The number of carbonyl (C=O) groups is 1. The van der Waals surface area contributed by atoms with Gasteiger partial charge in [0.15, 0.2) is 0 Å². The Balaban J connectivity index is 2.02. The Hall–Kier alpha value is -2.31. The van der Waals surface area contributed by atoms with E-state index in [2.05, 4.69) is 0 Å². The highest BCUT2D eigenvalue weighted by Gasteiger charge is 2.23. The summed E-state index contributed by atoms with van der Waals surface area (Å²) in [6.45, 7) is 0.442. The van der Waals surface area contributed by atoms with Crippen molar-refractivity contribution in [3.8, 4) is 5.75 Å². The van der Waals surface area contributed by atoms with Crippen LogP contribution in [0.2, 0.25) is 10.0 Å². The molecular weight excluding hydrogens is 355 g/mol. The first-order valence-corrected chi connectivity index (χ1v) is 7.72. The molecule has 0 N–H and O–H groups in total. The van der Waals surface area contributed by atoms with Gasteiger partial charge in [-0.3, -0.25) is 14.9 Å². The number of halogens is 2. The van der Waals surface area contributed by atoms with E-state index in [0.29, 0.717) is 10.8 Å². The van der Waals surface area contributed by atoms with Crippen molar-refractivity contribution in [2.24, 2.45) is 0 Å². The van der Waals surface area contributed by atoms with E-state index in [9.17, 15) is 14.9 Å². The standard InChI is InChI=1S/C16H14Cl2N2O4/c1-19(8-9-24-15-5-3-2-4-13(15)18)16(21)12-7-6-11(17)10-14(12)20(22)23/h2-7,10H,8-9H2,1H3. The first kappa shape index (κ1) is 18.0. The summed E-state index contributed by atoms with van der Waals surface area (Å²) in [5.41, 5.74) is -0.351. The van der Waals surface area contributed by atoms with Gasteiger partial charge in [-0.15, -0.1) is 0 Å². The minimum Gasteiger partial charge on any atom is -0.490 e. The van der Waals surface area contributed by atoms with Crippen LogP contribution in [-0.2, 0) is 0 Å². The molecule has 0 aliphatic carbocycles. The van der Waals surface area contributed by atoms with E-state index < -0.39 is 10.8 Å². The van der Waals surface area contributed by atoms with Crippen molar-refractivity contribution in [1.29, 1.82) is 0 Å². The molecular formula is C16H14Cl2N2O4. The van der Waals surface area contributed by atoms with Gasteiger partial charge in [0.05, 0.1) is 16.5 Å². The zero-order valence-electron chi connectivity index (χ0n) is 12.7. The smallest absolute Gasteiger partial charge is 0.283 e. The van der Waals surface area contributed by atoms with Crippen molar-refractivity contribution in [2.45, 2.75) is 0 Å². The normalized spacial score (nSPS) is 10.3. The second-order valence-electron chi connectivity index (χ2n) is 4.92. The minimum atomic E-state index is -0.632. The van der Waals surface area contributed by atoms with Gasteiger partial charge >= 0.3 is 0 Å². The monoisotopic (exact) mass is 368 g/mol. The molecule has 2 aromatic carbocycles. The predicted octanol–water partition coefficient (Wildman–Crippen LogP) is 4.05. The molecule has 0 radical (unpaired) electrons. The lowest BCUT2D eigenvalue weighted by atomic mass is 10.1. The second-order valence-corrected chi connectivity index (χ2v) is 5.77. The van der Waals surface area contributed by atoms with Gasteiger partial charge < -0.3 is 9.64 Å². The summed E-state index contributed by atoms with van der Waals surface area (Å²) >= 11 is 11.7. The molecule has 126 valence electrons. The Morgan fingerprint density at radius 3 is 2.62 bits per heavy atom. The van der Waals surface area contributed by atoms with E-state index in [0.717, 1.165) is 6.07 Å². The molecule has 8 heteroatoms. The quantitative estimate of drug-likeness (QED) is 0.569. The van der Waals surface area contributed by atoms with E-state index in [-0.39, 0.29) is 29.4 Å². The Labute approximate surface area is 148 Å². The van der Waals surface area contributed by atoms with Gasteiger partial charge in [-0.1, -0.05) is 35.3 Å². The van der Waals surface area contributed by atoms with Gasteiger partial charge in [0.25, 0.3) is 11.6 Å². The number of nitro groups is 1. The highest BCUT2D eigenvalue weighted by Crippen LogP contribution is 2.25. The molecule has 1 amide bonds. The van der Waals surface area contributed by atoms with Crippen LogP contribution in [-0.4, -0.2) is 35.9 Å². The van der Waals surface area contributed by atoms with Crippen molar-refractivity contribution in [3.63, 3.8) is 0 Å². The maximum atomic E-state index is 12.4. The SMILES string of the molecule is CN(CCOc1ccccc1Cl)C(=O)c1ccc(Cl)cc1[N+](=O)[O-]. The van der Waals surface area contributed by atoms with Crippen LogP contribution in [0.4, 0.5) is 5.69 Å². The minimum absolute atomic E-state index is 0.0235. The zero-order valence-corrected chi connectivity index (χ0v) is 14.3. The van der Waals surface area contributed by atoms with Gasteiger partial charge in [-0.05, 0) is 24.3 Å². The zero-order chi connectivity index (χ0) is 17.7. The molecule has 0 bridgehead atoms. The number of nitro benzene ring substituents is 1. The van der Waals surface area contributed by atoms with Gasteiger partial charge in [0.2, 0.25) is 0 Å². The summed E-state index contributed by atoms with van der Waals surface area (Å²) in [5, 5.41) is 11.7. The van der Waals surface area contributed by atoms with E-state index in [1.54, 1.807) is 24.3 Å². The fourth-order valence-corrected chi connectivity index (χ4v) is 2.35. The molecule has 0 aliphatic rings. The molecule has 6 nitrogen and oxygen atoms in total. The van der Waals surface area contributed by atoms with Crippen LogP contribution in [0.3, 0.4) is 0 Å². The van der Waals surface area contributed by atoms with Crippen molar-refractivity contribution in [2.75, 3.05) is 20.2 Å². The van der Waals surface area contributed by atoms with Crippen LogP contribution in [0, 0.1) is 10.1 Å². The number of likely N-dealkylation sites (N-methyl/N-ethyl adjacent to an activating group) is 1. The van der Waals surface area contributed by atoms with Crippen LogP contribution in [0.25, 0.3) is 0 Å². The molecule has 0 saturated carbocycles. The Kier molecular flexibility index (Phi) is 6.00. The average molecular weight is 369 g/mol. The number of carbonyl (C=O) groups excluding carboxylic acids is 1. The first-order valence-electron chi connectivity index (χ1n) is 6.97. The van der Waals surface area contributed by atoms with E-state index >= 15 is 0 Å². The van der Waals surface area contributed by atoms with Gasteiger partial charge in [-0.25, -0.2) is 0 Å². The Morgan fingerprint density at radius 1 is 1.25 bits per heavy atom. The lowest BCUT2D eigenvalue weighted by molar-refractivity contribution is -0.385. The third-order valence-corrected chi connectivity index (χ3v) is 3.80. The van der Waals surface area contributed by atoms with Gasteiger partial charge in [0.1, 0.15) is 17.9 Å². The molecule has 0 heterocycles. The van der Waals surface area contributed by atoms with Crippen molar-refractivity contribution >= 4 is 34.8 Å². The first-order chi connectivity index (χ1) is 11.4. The predicted molar refractivity (Wildman–Crippen MR) is 92.0 cm³/mol. The summed E-state index contributed by atoms with van der Waals surface area (Å²) in [4.78, 5) is 24.2. The maximum absolute atomic E-state index is 12.4. The number of para-hydroxylation sites is 1.